The topological polar surface area (TPSA) is 30.1 Å². The maximum Gasteiger partial charge on any atom is 0.247 e. The summed E-state index contributed by atoms with van der Waals surface area (Å²) in [7, 11) is 2.29. The van der Waals surface area contributed by atoms with Crippen LogP contribution in [-0.4, -0.2) is 11.8 Å². The molecule has 1 aliphatic rings. The first-order valence-electron chi connectivity index (χ1n) is 18.4. The molecule has 4 heteroatoms. The molecule has 8 aromatic rings. The first kappa shape index (κ1) is 31.5. The molecule has 0 fully saturated rings. The van der Waals surface area contributed by atoms with E-state index >= 15 is 0 Å². The van der Waals surface area contributed by atoms with Crippen molar-refractivity contribution in [2.45, 2.75) is 58.8 Å². The van der Waals surface area contributed by atoms with E-state index in [4.69, 9.17) is 4.42 Å². The Labute approximate surface area is 301 Å². The van der Waals surface area contributed by atoms with Crippen molar-refractivity contribution < 1.29 is 4.42 Å². The zero-order valence-electron chi connectivity index (χ0n) is 29.9. The lowest BCUT2D eigenvalue weighted by Gasteiger charge is -2.23. The van der Waals surface area contributed by atoms with Gasteiger partial charge in [0.25, 0.3) is 0 Å². The quantitative estimate of drug-likeness (QED) is 0.130. The summed E-state index contributed by atoms with van der Waals surface area (Å²) in [4.78, 5) is 0. The van der Waals surface area contributed by atoms with Crippen molar-refractivity contribution >= 4 is 62.6 Å². The van der Waals surface area contributed by atoms with E-state index in [9.17, 15) is 0 Å². The normalized spacial score (nSPS) is 12.4. The first-order valence-corrected chi connectivity index (χ1v) is 18.4. The van der Waals surface area contributed by atoms with Crippen LogP contribution in [0.5, 0.6) is 0 Å². The van der Waals surface area contributed by atoms with Gasteiger partial charge in [-0.2, -0.15) is 0 Å². The van der Waals surface area contributed by atoms with Crippen LogP contribution in [0.1, 0.15) is 58.1 Å². The highest BCUT2D eigenvalue weighted by Gasteiger charge is 2.32. The smallest absolute Gasteiger partial charge is 0.247 e. The van der Waals surface area contributed by atoms with Gasteiger partial charge in [-0.05, 0) is 94.0 Å². The molecule has 0 unspecified atom stereocenters. The van der Waals surface area contributed by atoms with Crippen LogP contribution in [0.2, 0.25) is 0 Å². The highest BCUT2D eigenvalue weighted by Crippen LogP contribution is 2.44. The minimum atomic E-state index is 0.0163. The summed E-state index contributed by atoms with van der Waals surface area (Å²) in [6, 6.07) is 46.5. The van der Waals surface area contributed by atoms with Crippen LogP contribution < -0.4 is 16.4 Å². The molecule has 0 bridgehead atoms. The second-order valence-corrected chi connectivity index (χ2v) is 15.1. The number of benzene rings is 6. The third-order valence-electron chi connectivity index (χ3n) is 10.6. The number of fused-ring (bicyclic) bond motifs is 7. The van der Waals surface area contributed by atoms with Gasteiger partial charge < -0.3 is 14.3 Å². The standard InChI is InChI=1S/C47H42BN2O/c1-5-6-8-15-30-22-25-33(26-23-30)49-39-20-13-11-18-34(39)37-29-36(31-16-9-7-10-17-31)42-35-19-12-14-21-40(35)50-44-38-28-32(47(2,3)4)24-27-41(38)51-46(44)48-43(37)45(42)50/h7,9-14,16-29,49H,5-6,8,15H2,1-4H3. The first-order chi connectivity index (χ1) is 24.9. The third kappa shape index (κ3) is 5.36. The van der Waals surface area contributed by atoms with Crippen LogP contribution >= 0.6 is 0 Å². The van der Waals surface area contributed by atoms with Gasteiger partial charge in [-0.15, -0.1) is 0 Å². The summed E-state index contributed by atoms with van der Waals surface area (Å²) in [6.45, 7) is 9.08. The lowest BCUT2D eigenvalue weighted by atomic mass is 9.62. The van der Waals surface area contributed by atoms with Crippen molar-refractivity contribution in [3.8, 4) is 27.9 Å². The van der Waals surface area contributed by atoms with Crippen molar-refractivity contribution in [1.29, 1.82) is 0 Å². The number of anilines is 2. The fourth-order valence-corrected chi connectivity index (χ4v) is 7.98. The monoisotopic (exact) mass is 661 g/mol. The molecule has 3 nitrogen and oxygen atoms in total. The Morgan fingerprint density at radius 1 is 0.706 bits per heavy atom. The number of nitrogens with zero attached hydrogens (tertiary/aromatic N) is 1. The predicted octanol–water partition coefficient (Wildman–Crippen LogP) is 11.6. The third-order valence-corrected chi connectivity index (χ3v) is 10.6. The van der Waals surface area contributed by atoms with Gasteiger partial charge in [0, 0.05) is 38.6 Å². The highest BCUT2D eigenvalue weighted by atomic mass is 16.3. The van der Waals surface area contributed by atoms with E-state index in [1.54, 1.807) is 0 Å². The minimum Gasteiger partial charge on any atom is -0.469 e. The lowest BCUT2D eigenvalue weighted by molar-refractivity contribution is 0.590. The molecule has 1 aliphatic heterocycles. The number of hydrogen-bond acceptors (Lipinski definition) is 2. The molecule has 3 heterocycles. The number of rotatable bonds is 8. The molecule has 0 saturated carbocycles. The molecule has 6 aromatic carbocycles. The van der Waals surface area contributed by atoms with E-state index in [0.717, 1.165) is 45.7 Å². The summed E-state index contributed by atoms with van der Waals surface area (Å²) >= 11 is 0. The Balaban J connectivity index is 1.30. The zero-order chi connectivity index (χ0) is 34.7. The number of furan rings is 1. The summed E-state index contributed by atoms with van der Waals surface area (Å²) in [5.41, 5.74) is 16.1. The minimum absolute atomic E-state index is 0.0163. The molecule has 0 atom stereocenters. The van der Waals surface area contributed by atoms with Gasteiger partial charge in [0.05, 0.1) is 16.9 Å². The van der Waals surface area contributed by atoms with E-state index in [1.807, 2.05) is 0 Å². The summed E-state index contributed by atoms with van der Waals surface area (Å²) < 4.78 is 9.23. The van der Waals surface area contributed by atoms with Crippen molar-refractivity contribution in [2.24, 2.45) is 0 Å². The Morgan fingerprint density at radius 2 is 1.47 bits per heavy atom. The van der Waals surface area contributed by atoms with Gasteiger partial charge in [0.1, 0.15) is 5.58 Å². The Hall–Kier alpha value is -5.48. The fraction of sp³-hybridized carbons (Fsp3) is 0.191. The Morgan fingerprint density at radius 3 is 2.27 bits per heavy atom. The molecule has 2 aromatic heterocycles. The molecule has 249 valence electrons. The molecule has 0 aliphatic carbocycles. The maximum atomic E-state index is 6.75. The summed E-state index contributed by atoms with van der Waals surface area (Å²) in [5.74, 6) is 0. The Kier molecular flexibility index (Phi) is 7.65. The van der Waals surface area contributed by atoms with E-state index < -0.39 is 0 Å². The fourth-order valence-electron chi connectivity index (χ4n) is 7.98. The van der Waals surface area contributed by atoms with Gasteiger partial charge >= 0.3 is 0 Å². The molecule has 0 amide bonds. The summed E-state index contributed by atoms with van der Waals surface area (Å²) in [5, 5.41) is 7.46. The highest BCUT2D eigenvalue weighted by molar-refractivity contribution is 6.73. The number of aromatic nitrogens is 1. The molecule has 9 rings (SSSR count). The molecule has 1 N–H and O–H groups in total. The number of nitrogens with one attached hydrogen (secondary N) is 1. The predicted molar refractivity (Wildman–Crippen MR) is 218 cm³/mol. The number of aryl methyl sites for hydroxylation is 1. The number of para-hydroxylation sites is 2. The largest absolute Gasteiger partial charge is 0.469 e. The van der Waals surface area contributed by atoms with Crippen molar-refractivity contribution in [3.05, 3.63) is 139 Å². The van der Waals surface area contributed by atoms with Crippen LogP contribution in [0.15, 0.2) is 132 Å². The SMILES string of the molecule is CCCCCc1ccc(Nc2ccccc2-c2cc(-c3ccccc3)c3c4ccccc4n4c3c2[B]c2oc3ccc(C(C)(C)C)cc3c2-4)cc1. The van der Waals surface area contributed by atoms with Crippen molar-refractivity contribution in [2.75, 3.05) is 5.32 Å². The van der Waals surface area contributed by atoms with Crippen molar-refractivity contribution in [3.63, 3.8) is 0 Å². The molecule has 51 heavy (non-hydrogen) atoms. The van der Waals surface area contributed by atoms with Crippen LogP contribution in [0.3, 0.4) is 0 Å². The molecular weight excluding hydrogens is 619 g/mol. The Bertz CT molecular complexity index is 2570. The average Bonchev–Trinajstić information content (AvgIpc) is 3.69. The average molecular weight is 662 g/mol. The second-order valence-electron chi connectivity index (χ2n) is 15.1. The van der Waals surface area contributed by atoms with Crippen molar-refractivity contribution in [1.82, 2.24) is 4.57 Å². The van der Waals surface area contributed by atoms with Gasteiger partial charge in [0.15, 0.2) is 0 Å². The van der Waals surface area contributed by atoms with Gasteiger partial charge in [-0.3, -0.25) is 0 Å². The number of hydrogen-bond donors (Lipinski definition) is 1. The van der Waals surface area contributed by atoms with Crippen LogP contribution in [-0.2, 0) is 11.8 Å². The second kappa shape index (κ2) is 12.4. The van der Waals surface area contributed by atoms with Gasteiger partial charge in [-0.1, -0.05) is 125 Å². The van der Waals surface area contributed by atoms with Crippen LogP contribution in [0, 0.1) is 0 Å². The van der Waals surface area contributed by atoms with Gasteiger partial charge in [-0.25, -0.2) is 0 Å². The van der Waals surface area contributed by atoms with E-state index in [1.165, 1.54) is 74.3 Å². The van der Waals surface area contributed by atoms with Crippen LogP contribution in [0.25, 0.3) is 60.7 Å². The van der Waals surface area contributed by atoms with Gasteiger partial charge in [0.2, 0.25) is 7.28 Å². The van der Waals surface area contributed by atoms with Crippen LogP contribution in [0.4, 0.5) is 11.4 Å². The molecular formula is C47H42BN2O. The molecule has 1 radical (unpaired) electrons. The number of unbranched alkanes of at least 4 members (excludes halogenated alkanes) is 2. The molecule has 0 spiro atoms. The lowest BCUT2D eigenvalue weighted by Crippen LogP contribution is -2.36. The molecule has 0 saturated heterocycles. The van der Waals surface area contributed by atoms with E-state index in [0.29, 0.717) is 0 Å². The van der Waals surface area contributed by atoms with E-state index in [2.05, 4.69) is 172 Å². The van der Waals surface area contributed by atoms with E-state index in [-0.39, 0.29) is 5.41 Å². The maximum absolute atomic E-state index is 6.75. The zero-order valence-corrected chi connectivity index (χ0v) is 29.9. The summed E-state index contributed by atoms with van der Waals surface area (Å²) in [6.07, 6.45) is 4.87.